The Labute approximate surface area is 158 Å². The summed E-state index contributed by atoms with van der Waals surface area (Å²) in [6, 6.07) is 0. The lowest BCUT2D eigenvalue weighted by Crippen LogP contribution is -2.58. The monoisotopic (exact) mass is 357 g/mol. The minimum absolute atomic E-state index is 0.0111. The molecule has 2 N–H and O–H groups in total. The lowest BCUT2D eigenvalue weighted by atomic mass is 9.43. The van der Waals surface area contributed by atoms with Crippen LogP contribution in [0, 0.1) is 47.0 Å². The lowest BCUT2D eigenvalue weighted by Gasteiger charge is -2.63. The normalized spacial score (nSPS) is 54.9. The molecule has 0 aliphatic heterocycles. The van der Waals surface area contributed by atoms with Crippen molar-refractivity contribution in [3.8, 4) is 0 Å². The zero-order valence-electron chi connectivity index (χ0n) is 16.7. The van der Waals surface area contributed by atoms with Gasteiger partial charge in [0.05, 0.1) is 12.2 Å². The first-order chi connectivity index (χ1) is 12.3. The molecule has 4 rings (SSSR count). The molecule has 3 heteroatoms. The zero-order valence-corrected chi connectivity index (χ0v) is 16.7. The topological polar surface area (TPSA) is 44.8 Å². The van der Waals surface area contributed by atoms with Crippen molar-refractivity contribution in [2.24, 2.45) is 40.4 Å². The molecule has 26 heavy (non-hydrogen) atoms. The van der Waals surface area contributed by atoms with E-state index in [1.54, 1.807) is 0 Å². The first kappa shape index (κ1) is 18.5. The van der Waals surface area contributed by atoms with Crippen molar-refractivity contribution in [3.63, 3.8) is 0 Å². The summed E-state index contributed by atoms with van der Waals surface area (Å²) in [4.78, 5) is 3.61. The van der Waals surface area contributed by atoms with Crippen LogP contribution in [0.4, 0.5) is 0 Å². The van der Waals surface area contributed by atoms with E-state index < -0.39 is 5.60 Å². The number of fused-ring (bicyclic) bond motifs is 5. The highest BCUT2D eigenvalue weighted by Gasteiger charge is 2.61. The van der Waals surface area contributed by atoms with Crippen LogP contribution in [0.15, 0.2) is 11.8 Å². The quantitative estimate of drug-likeness (QED) is 0.662. The highest BCUT2D eigenvalue weighted by Crippen LogP contribution is 2.68. The third-order valence-corrected chi connectivity index (χ3v) is 9.58. The SMILES string of the molecule is [C-]#[N+]/C=C1/CC[C@H]2[C@@H]3CC[C@H]4C[C@](C)(O)[C@@H](CO)C[C@]4(C)[C@H]3CC[C@]12C. The number of rotatable bonds is 1. The van der Waals surface area contributed by atoms with Crippen LogP contribution in [-0.2, 0) is 0 Å². The maximum Gasteiger partial charge on any atom is 0.154 e. The van der Waals surface area contributed by atoms with Gasteiger partial charge in [0.2, 0.25) is 0 Å². The largest absolute Gasteiger partial charge is 0.396 e. The van der Waals surface area contributed by atoms with Gasteiger partial charge in [0, 0.05) is 12.5 Å². The maximum absolute atomic E-state index is 10.9. The Morgan fingerprint density at radius 2 is 1.88 bits per heavy atom. The molecule has 0 aromatic heterocycles. The second-order valence-electron chi connectivity index (χ2n) is 10.6. The number of aliphatic hydroxyl groups is 2. The van der Waals surface area contributed by atoms with Gasteiger partial charge in [-0.1, -0.05) is 19.4 Å². The number of aliphatic hydroxyl groups excluding tert-OH is 1. The standard InChI is InChI=1S/C23H35NO2/c1-21-10-9-20-18(19(21)8-6-16(21)13-24-4)7-5-15-12-23(3,26)17(14-25)11-22(15,20)2/h13,15,17-20,25-26H,5-12,14H2,1-3H3/b16-13-/t15-,17+,18-,19-,20-,21+,22-,23-/m0/s1. The minimum atomic E-state index is -0.714. The van der Waals surface area contributed by atoms with Crippen LogP contribution in [0.5, 0.6) is 0 Å². The molecule has 144 valence electrons. The van der Waals surface area contributed by atoms with Crippen LogP contribution in [-0.4, -0.2) is 22.4 Å². The smallest absolute Gasteiger partial charge is 0.154 e. The summed E-state index contributed by atoms with van der Waals surface area (Å²) in [6.45, 7) is 14.2. The van der Waals surface area contributed by atoms with Gasteiger partial charge in [-0.05, 0) is 92.8 Å². The molecule has 0 aromatic rings. The van der Waals surface area contributed by atoms with Crippen molar-refractivity contribution in [2.45, 2.75) is 77.7 Å². The molecule has 0 spiro atoms. The molecule has 0 amide bonds. The fraction of sp³-hybridized carbons (Fsp3) is 0.870. The molecule has 4 aliphatic carbocycles. The highest BCUT2D eigenvalue weighted by molar-refractivity contribution is 5.25. The third-order valence-electron chi connectivity index (χ3n) is 9.58. The summed E-state index contributed by atoms with van der Waals surface area (Å²) in [5.41, 5.74) is 1.19. The van der Waals surface area contributed by atoms with Gasteiger partial charge in [-0.25, -0.2) is 4.85 Å². The van der Waals surface area contributed by atoms with Crippen LogP contribution in [0.2, 0.25) is 0 Å². The summed E-state index contributed by atoms with van der Waals surface area (Å²) in [6.07, 6.45) is 11.0. The predicted molar refractivity (Wildman–Crippen MR) is 103 cm³/mol. The van der Waals surface area contributed by atoms with Crippen LogP contribution in [0.25, 0.3) is 4.85 Å². The summed E-state index contributed by atoms with van der Waals surface area (Å²) in [5, 5.41) is 20.8. The van der Waals surface area contributed by atoms with E-state index in [-0.39, 0.29) is 23.4 Å². The van der Waals surface area contributed by atoms with Gasteiger partial charge in [0.25, 0.3) is 0 Å². The van der Waals surface area contributed by atoms with Crippen molar-refractivity contribution in [3.05, 3.63) is 23.2 Å². The van der Waals surface area contributed by atoms with Crippen LogP contribution < -0.4 is 0 Å². The zero-order chi connectivity index (χ0) is 18.7. The second-order valence-corrected chi connectivity index (χ2v) is 10.6. The first-order valence-electron chi connectivity index (χ1n) is 10.7. The van der Waals surface area contributed by atoms with Gasteiger partial charge >= 0.3 is 0 Å². The molecule has 0 radical (unpaired) electrons. The Bertz CT molecular complexity index is 647. The van der Waals surface area contributed by atoms with E-state index in [2.05, 4.69) is 18.7 Å². The van der Waals surface area contributed by atoms with Crippen LogP contribution >= 0.6 is 0 Å². The van der Waals surface area contributed by atoms with E-state index in [0.717, 1.165) is 37.0 Å². The average molecular weight is 358 g/mol. The van der Waals surface area contributed by atoms with E-state index in [1.807, 2.05) is 13.1 Å². The van der Waals surface area contributed by atoms with Crippen molar-refractivity contribution in [2.75, 3.05) is 6.61 Å². The Hall–Kier alpha value is -0.850. The maximum atomic E-state index is 10.9. The second kappa shape index (κ2) is 6.08. The molecule has 4 aliphatic rings. The van der Waals surface area contributed by atoms with Gasteiger partial charge in [-0.3, -0.25) is 0 Å². The summed E-state index contributed by atoms with van der Waals surface area (Å²) in [5.74, 6) is 2.80. The summed E-state index contributed by atoms with van der Waals surface area (Å²) in [7, 11) is 0. The van der Waals surface area contributed by atoms with Crippen molar-refractivity contribution < 1.29 is 10.2 Å². The molecule has 3 nitrogen and oxygen atoms in total. The highest BCUT2D eigenvalue weighted by atomic mass is 16.3. The molecule has 0 bridgehead atoms. The Morgan fingerprint density at radius 1 is 1.12 bits per heavy atom. The molecule has 0 saturated heterocycles. The fourth-order valence-electron chi connectivity index (χ4n) is 8.00. The number of hydrogen-bond donors (Lipinski definition) is 2. The van der Waals surface area contributed by atoms with Crippen LogP contribution in [0.1, 0.15) is 72.1 Å². The molecule has 0 aromatic carbocycles. The molecule has 8 atom stereocenters. The number of hydrogen-bond acceptors (Lipinski definition) is 2. The predicted octanol–water partition coefficient (Wildman–Crippen LogP) is 4.80. The molecule has 0 unspecified atom stereocenters. The summed E-state index contributed by atoms with van der Waals surface area (Å²) >= 11 is 0. The first-order valence-corrected chi connectivity index (χ1v) is 10.7. The van der Waals surface area contributed by atoms with Crippen molar-refractivity contribution >= 4 is 0 Å². The lowest BCUT2D eigenvalue weighted by molar-refractivity contribution is -0.172. The van der Waals surface area contributed by atoms with Gasteiger partial charge in [-0.15, -0.1) is 0 Å². The van der Waals surface area contributed by atoms with E-state index in [1.165, 1.54) is 37.7 Å². The fourth-order valence-corrected chi connectivity index (χ4v) is 8.00. The Kier molecular flexibility index (Phi) is 4.33. The summed E-state index contributed by atoms with van der Waals surface area (Å²) < 4.78 is 0. The molecule has 4 fully saturated rings. The molecule has 4 saturated carbocycles. The molecular formula is C23H35NO2. The van der Waals surface area contributed by atoms with E-state index in [9.17, 15) is 10.2 Å². The minimum Gasteiger partial charge on any atom is -0.396 e. The average Bonchev–Trinajstić information content (AvgIpc) is 2.92. The van der Waals surface area contributed by atoms with Gasteiger partial charge in [-0.2, -0.15) is 0 Å². The van der Waals surface area contributed by atoms with Crippen LogP contribution in [0.3, 0.4) is 0 Å². The Balaban J connectivity index is 1.64. The third kappa shape index (κ3) is 2.45. The van der Waals surface area contributed by atoms with Gasteiger partial charge < -0.3 is 10.2 Å². The number of nitrogens with zero attached hydrogens (tertiary/aromatic N) is 1. The van der Waals surface area contributed by atoms with Crippen molar-refractivity contribution in [1.82, 2.24) is 0 Å². The van der Waals surface area contributed by atoms with E-state index in [4.69, 9.17) is 6.57 Å². The van der Waals surface area contributed by atoms with E-state index in [0.29, 0.717) is 5.92 Å². The van der Waals surface area contributed by atoms with Gasteiger partial charge in [0.15, 0.2) is 6.20 Å². The van der Waals surface area contributed by atoms with Gasteiger partial charge in [0.1, 0.15) is 0 Å². The number of allylic oxidation sites excluding steroid dienone is 1. The van der Waals surface area contributed by atoms with E-state index >= 15 is 0 Å². The van der Waals surface area contributed by atoms with Crippen molar-refractivity contribution in [1.29, 1.82) is 0 Å². The molecule has 0 heterocycles. The Morgan fingerprint density at radius 3 is 2.58 bits per heavy atom. The molecular weight excluding hydrogens is 322 g/mol.